The lowest BCUT2D eigenvalue weighted by Gasteiger charge is -2.16. The van der Waals surface area contributed by atoms with Gasteiger partial charge in [-0.05, 0) is 12.7 Å². The first-order chi connectivity index (χ1) is 10.4. The molecule has 0 spiro atoms. The van der Waals surface area contributed by atoms with Crippen LogP contribution >= 0.6 is 0 Å². The molecule has 0 aliphatic heterocycles. The smallest absolute Gasteiger partial charge is 0.0858 e. The van der Waals surface area contributed by atoms with Gasteiger partial charge in [-0.2, -0.15) is 0 Å². The SMILES string of the molecule is C1=CCC=C(B(Cc2ccccc2)c2ccccc2)C=C1. The molecule has 1 aliphatic rings. The van der Waals surface area contributed by atoms with E-state index in [-0.39, 0.29) is 0 Å². The standard InChI is InChI=1S/C20H19B/c1-2-8-14-19(13-7-1)21(20-15-9-4-10-16-20)17-18-11-5-3-6-12-18/h1-7,9-16H,8,17H2. The topological polar surface area (TPSA) is 0 Å². The lowest BCUT2D eigenvalue weighted by molar-refractivity contribution is 1.34. The fourth-order valence-corrected chi connectivity index (χ4v) is 2.82. The summed E-state index contributed by atoms with van der Waals surface area (Å²) in [6, 6.07) is 21.6. The minimum absolute atomic E-state index is 0.421. The van der Waals surface area contributed by atoms with Crippen LogP contribution in [-0.2, 0) is 6.32 Å². The highest BCUT2D eigenvalue weighted by Gasteiger charge is 2.20. The number of benzene rings is 2. The van der Waals surface area contributed by atoms with Crippen molar-refractivity contribution >= 4 is 12.2 Å². The molecular formula is C20H19B. The van der Waals surface area contributed by atoms with E-state index in [0.29, 0.717) is 6.71 Å². The van der Waals surface area contributed by atoms with Crippen LogP contribution in [-0.4, -0.2) is 6.71 Å². The van der Waals surface area contributed by atoms with Crippen molar-refractivity contribution in [1.29, 1.82) is 0 Å². The van der Waals surface area contributed by atoms with Gasteiger partial charge in [-0.25, -0.2) is 0 Å². The van der Waals surface area contributed by atoms with Gasteiger partial charge in [-0.15, -0.1) is 0 Å². The van der Waals surface area contributed by atoms with E-state index in [2.05, 4.69) is 91.0 Å². The maximum Gasteiger partial charge on any atom is 0.213 e. The summed E-state index contributed by atoms with van der Waals surface area (Å²) < 4.78 is 0. The zero-order valence-corrected chi connectivity index (χ0v) is 12.2. The Morgan fingerprint density at radius 2 is 1.52 bits per heavy atom. The minimum atomic E-state index is 0.421. The lowest BCUT2D eigenvalue weighted by Crippen LogP contribution is -2.34. The van der Waals surface area contributed by atoms with Gasteiger partial charge in [0.1, 0.15) is 0 Å². The maximum absolute atomic E-state index is 2.35. The zero-order chi connectivity index (χ0) is 14.3. The Hall–Kier alpha value is -2.28. The van der Waals surface area contributed by atoms with Gasteiger partial charge in [0.15, 0.2) is 0 Å². The molecule has 1 heteroatoms. The molecule has 0 N–H and O–H groups in total. The van der Waals surface area contributed by atoms with Crippen LogP contribution in [0.3, 0.4) is 0 Å². The molecule has 0 heterocycles. The van der Waals surface area contributed by atoms with Crippen LogP contribution in [0.25, 0.3) is 0 Å². The second kappa shape index (κ2) is 6.94. The van der Waals surface area contributed by atoms with Crippen molar-refractivity contribution in [1.82, 2.24) is 0 Å². The van der Waals surface area contributed by atoms with Crippen molar-refractivity contribution in [2.75, 3.05) is 0 Å². The molecule has 2 aromatic rings. The van der Waals surface area contributed by atoms with Crippen molar-refractivity contribution in [2.24, 2.45) is 0 Å². The summed E-state index contributed by atoms with van der Waals surface area (Å²) in [6.45, 7) is 0.421. The third-order valence-electron chi connectivity index (χ3n) is 3.91. The van der Waals surface area contributed by atoms with Crippen LogP contribution in [0, 0.1) is 0 Å². The van der Waals surface area contributed by atoms with E-state index in [1.807, 2.05) is 0 Å². The first-order valence-corrected chi connectivity index (χ1v) is 7.55. The molecule has 3 rings (SSSR count). The van der Waals surface area contributed by atoms with Crippen molar-refractivity contribution < 1.29 is 0 Å². The molecule has 0 atom stereocenters. The fraction of sp³-hybridized carbons (Fsp3) is 0.100. The third kappa shape index (κ3) is 3.63. The molecule has 2 aromatic carbocycles. The van der Waals surface area contributed by atoms with Gasteiger partial charge < -0.3 is 0 Å². The molecule has 0 aromatic heterocycles. The van der Waals surface area contributed by atoms with Crippen LogP contribution in [0.2, 0.25) is 0 Å². The largest absolute Gasteiger partial charge is 0.213 e. The summed E-state index contributed by atoms with van der Waals surface area (Å²) in [5.74, 6) is 0. The average Bonchev–Trinajstić information content (AvgIpc) is 2.84. The molecule has 1 aliphatic carbocycles. The quantitative estimate of drug-likeness (QED) is 0.732. The average molecular weight is 270 g/mol. The number of rotatable bonds is 4. The van der Waals surface area contributed by atoms with E-state index in [9.17, 15) is 0 Å². The highest BCUT2D eigenvalue weighted by atomic mass is 14.0. The van der Waals surface area contributed by atoms with Crippen LogP contribution in [0.5, 0.6) is 0 Å². The van der Waals surface area contributed by atoms with E-state index in [1.54, 1.807) is 0 Å². The Morgan fingerprint density at radius 1 is 0.810 bits per heavy atom. The monoisotopic (exact) mass is 270 g/mol. The summed E-state index contributed by atoms with van der Waals surface area (Å²) in [7, 11) is 0. The van der Waals surface area contributed by atoms with E-state index < -0.39 is 0 Å². The van der Waals surface area contributed by atoms with E-state index in [4.69, 9.17) is 0 Å². The predicted molar refractivity (Wildman–Crippen MR) is 93.0 cm³/mol. The molecule has 0 saturated carbocycles. The third-order valence-corrected chi connectivity index (χ3v) is 3.91. The van der Waals surface area contributed by atoms with Gasteiger partial charge >= 0.3 is 0 Å². The van der Waals surface area contributed by atoms with Gasteiger partial charge in [0.25, 0.3) is 0 Å². The molecular weight excluding hydrogens is 251 g/mol. The Kier molecular flexibility index (Phi) is 4.53. The molecule has 0 amide bonds. The van der Waals surface area contributed by atoms with Gasteiger partial charge in [0, 0.05) is 0 Å². The summed E-state index contributed by atoms with van der Waals surface area (Å²) in [6.07, 6.45) is 13.1. The molecule has 0 bridgehead atoms. The molecule has 0 saturated heterocycles. The second-order valence-corrected chi connectivity index (χ2v) is 5.38. The molecule has 0 unspecified atom stereocenters. The summed E-state index contributed by atoms with van der Waals surface area (Å²) >= 11 is 0. The first kappa shape index (κ1) is 13.7. The van der Waals surface area contributed by atoms with Crippen molar-refractivity contribution in [3.05, 3.63) is 102 Å². The van der Waals surface area contributed by atoms with E-state index in [0.717, 1.165) is 12.7 Å². The van der Waals surface area contributed by atoms with Gasteiger partial charge in [-0.1, -0.05) is 108 Å². The summed E-state index contributed by atoms with van der Waals surface area (Å²) in [5, 5.41) is 0. The lowest BCUT2D eigenvalue weighted by atomic mass is 9.37. The van der Waals surface area contributed by atoms with Crippen LogP contribution in [0.1, 0.15) is 12.0 Å². The number of hydrogen-bond donors (Lipinski definition) is 0. The van der Waals surface area contributed by atoms with Crippen molar-refractivity contribution in [2.45, 2.75) is 12.7 Å². The number of hydrogen-bond acceptors (Lipinski definition) is 0. The highest BCUT2D eigenvalue weighted by molar-refractivity contribution is 6.80. The van der Waals surface area contributed by atoms with Gasteiger partial charge in [0.05, 0.1) is 0 Å². The molecule has 0 radical (unpaired) electrons. The number of allylic oxidation sites excluding steroid dienone is 6. The molecule has 0 fully saturated rings. The van der Waals surface area contributed by atoms with Crippen LogP contribution < -0.4 is 5.46 Å². The molecule has 0 nitrogen and oxygen atoms in total. The Labute approximate surface area is 127 Å². The molecule has 21 heavy (non-hydrogen) atoms. The fourth-order valence-electron chi connectivity index (χ4n) is 2.82. The predicted octanol–water partition coefficient (Wildman–Crippen LogP) is 4.15. The van der Waals surface area contributed by atoms with Crippen LogP contribution in [0.4, 0.5) is 0 Å². The van der Waals surface area contributed by atoms with Gasteiger partial charge in [-0.3, -0.25) is 0 Å². The van der Waals surface area contributed by atoms with E-state index >= 15 is 0 Å². The Balaban J connectivity index is 1.93. The summed E-state index contributed by atoms with van der Waals surface area (Å²) in [5.41, 5.74) is 4.19. The van der Waals surface area contributed by atoms with Crippen molar-refractivity contribution in [3.8, 4) is 0 Å². The minimum Gasteiger partial charge on any atom is -0.0858 e. The Bertz CT molecular complexity index is 651. The normalized spacial score (nSPS) is 13.6. The maximum atomic E-state index is 2.35. The first-order valence-electron chi connectivity index (χ1n) is 7.55. The van der Waals surface area contributed by atoms with E-state index in [1.165, 1.54) is 16.5 Å². The Morgan fingerprint density at radius 3 is 2.29 bits per heavy atom. The van der Waals surface area contributed by atoms with Crippen molar-refractivity contribution in [3.63, 3.8) is 0 Å². The zero-order valence-electron chi connectivity index (χ0n) is 12.2. The summed E-state index contributed by atoms with van der Waals surface area (Å²) in [4.78, 5) is 0. The van der Waals surface area contributed by atoms with Crippen LogP contribution in [0.15, 0.2) is 96.5 Å². The second-order valence-electron chi connectivity index (χ2n) is 5.38. The highest BCUT2D eigenvalue weighted by Crippen LogP contribution is 2.14. The van der Waals surface area contributed by atoms with Gasteiger partial charge in [0.2, 0.25) is 6.71 Å². The molecule has 102 valence electrons.